The van der Waals surface area contributed by atoms with Crippen LogP contribution in [-0.4, -0.2) is 38.9 Å². The Morgan fingerprint density at radius 3 is 2.82 bits per heavy atom. The average molecular weight is 263 g/mol. The van der Waals surface area contributed by atoms with Gasteiger partial charge in [-0.2, -0.15) is 12.7 Å². The van der Waals surface area contributed by atoms with Crippen molar-refractivity contribution in [2.45, 2.75) is 33.1 Å². The third-order valence-electron chi connectivity index (χ3n) is 3.23. The molecule has 2 atom stereocenters. The molecule has 5 nitrogen and oxygen atoms in total. The van der Waals surface area contributed by atoms with E-state index in [-0.39, 0.29) is 5.92 Å². The summed E-state index contributed by atoms with van der Waals surface area (Å²) in [5, 5.41) is 0. The summed E-state index contributed by atoms with van der Waals surface area (Å²) in [6.45, 7) is 6.46. The highest BCUT2D eigenvalue weighted by atomic mass is 32.2. The van der Waals surface area contributed by atoms with E-state index in [0.29, 0.717) is 32.1 Å². The quantitative estimate of drug-likeness (QED) is 0.734. The van der Waals surface area contributed by atoms with Gasteiger partial charge in [-0.05, 0) is 37.6 Å². The van der Waals surface area contributed by atoms with Crippen LogP contribution in [0.3, 0.4) is 0 Å². The minimum Gasteiger partial charge on any atom is -0.330 e. The number of nitrogens with one attached hydrogen (secondary N) is 1. The lowest BCUT2D eigenvalue weighted by Gasteiger charge is -2.30. The van der Waals surface area contributed by atoms with Gasteiger partial charge >= 0.3 is 0 Å². The van der Waals surface area contributed by atoms with Crippen LogP contribution < -0.4 is 10.5 Å². The van der Waals surface area contributed by atoms with Crippen molar-refractivity contribution in [3.8, 4) is 0 Å². The third kappa shape index (κ3) is 4.91. The predicted molar refractivity (Wildman–Crippen MR) is 69.7 cm³/mol. The normalized spacial score (nSPS) is 24.8. The van der Waals surface area contributed by atoms with Gasteiger partial charge in [-0.3, -0.25) is 0 Å². The van der Waals surface area contributed by atoms with Gasteiger partial charge in [0.1, 0.15) is 0 Å². The van der Waals surface area contributed by atoms with Crippen LogP contribution in [0.15, 0.2) is 0 Å². The van der Waals surface area contributed by atoms with Crippen LogP contribution in [-0.2, 0) is 10.2 Å². The SMILES string of the molecule is CC(CCN)CNS(=O)(=O)N1CCCC(C)C1. The smallest absolute Gasteiger partial charge is 0.279 e. The lowest BCUT2D eigenvalue weighted by molar-refractivity contribution is 0.277. The highest BCUT2D eigenvalue weighted by Gasteiger charge is 2.26. The Labute approximate surface area is 105 Å². The van der Waals surface area contributed by atoms with Crippen molar-refractivity contribution in [3.05, 3.63) is 0 Å². The zero-order chi connectivity index (χ0) is 12.9. The minimum absolute atomic E-state index is 0.289. The van der Waals surface area contributed by atoms with Crippen LogP contribution in [0.4, 0.5) is 0 Å². The zero-order valence-electron chi connectivity index (χ0n) is 10.9. The van der Waals surface area contributed by atoms with Crippen molar-refractivity contribution in [1.29, 1.82) is 0 Å². The lowest BCUT2D eigenvalue weighted by Crippen LogP contribution is -2.46. The molecule has 1 aliphatic rings. The monoisotopic (exact) mass is 263 g/mol. The van der Waals surface area contributed by atoms with Crippen LogP contribution in [0.1, 0.15) is 33.1 Å². The first kappa shape index (κ1) is 14.9. The molecule has 102 valence electrons. The summed E-state index contributed by atoms with van der Waals surface area (Å²) in [5.41, 5.74) is 5.44. The minimum atomic E-state index is -3.29. The first-order chi connectivity index (χ1) is 7.95. The lowest BCUT2D eigenvalue weighted by atomic mass is 10.0. The van der Waals surface area contributed by atoms with Gasteiger partial charge in [-0.1, -0.05) is 13.8 Å². The number of piperidine rings is 1. The highest BCUT2D eigenvalue weighted by Crippen LogP contribution is 2.17. The first-order valence-corrected chi connectivity index (χ1v) is 7.84. The standard InChI is InChI=1S/C11H25N3O2S/c1-10(5-6-12)8-13-17(15,16)14-7-3-4-11(2)9-14/h10-11,13H,3-9,12H2,1-2H3. The molecule has 17 heavy (non-hydrogen) atoms. The average Bonchev–Trinajstić information content (AvgIpc) is 2.27. The van der Waals surface area contributed by atoms with Gasteiger partial charge in [0.25, 0.3) is 10.2 Å². The summed E-state index contributed by atoms with van der Waals surface area (Å²) in [4.78, 5) is 0. The second-order valence-electron chi connectivity index (χ2n) is 5.14. The van der Waals surface area contributed by atoms with Crippen LogP contribution in [0, 0.1) is 11.8 Å². The van der Waals surface area contributed by atoms with Crippen LogP contribution >= 0.6 is 0 Å². The molecule has 0 aromatic heterocycles. The predicted octanol–water partition coefficient (Wildman–Crippen LogP) is 0.538. The molecule has 1 saturated heterocycles. The van der Waals surface area contributed by atoms with Crippen LogP contribution in [0.25, 0.3) is 0 Å². The zero-order valence-corrected chi connectivity index (χ0v) is 11.7. The molecule has 0 amide bonds. The molecule has 0 aliphatic carbocycles. The van der Waals surface area contributed by atoms with Crippen molar-refractivity contribution in [1.82, 2.24) is 9.03 Å². The molecular weight excluding hydrogens is 238 g/mol. The van der Waals surface area contributed by atoms with Gasteiger partial charge in [0.05, 0.1) is 0 Å². The van der Waals surface area contributed by atoms with Gasteiger partial charge in [-0.15, -0.1) is 0 Å². The summed E-state index contributed by atoms with van der Waals surface area (Å²) in [6, 6.07) is 0. The van der Waals surface area contributed by atoms with Gasteiger partial charge in [-0.25, -0.2) is 4.72 Å². The molecule has 0 radical (unpaired) electrons. The second kappa shape index (κ2) is 6.68. The highest BCUT2D eigenvalue weighted by molar-refractivity contribution is 7.87. The topological polar surface area (TPSA) is 75.4 Å². The van der Waals surface area contributed by atoms with E-state index in [9.17, 15) is 8.42 Å². The van der Waals surface area contributed by atoms with Crippen molar-refractivity contribution in [3.63, 3.8) is 0 Å². The number of nitrogens with two attached hydrogens (primary N) is 1. The van der Waals surface area contributed by atoms with E-state index in [2.05, 4.69) is 11.6 Å². The maximum Gasteiger partial charge on any atom is 0.279 e. The molecule has 0 aromatic rings. The fraction of sp³-hybridized carbons (Fsp3) is 1.00. The molecule has 0 bridgehead atoms. The van der Waals surface area contributed by atoms with Crippen molar-refractivity contribution in [2.75, 3.05) is 26.2 Å². The second-order valence-corrected chi connectivity index (χ2v) is 6.90. The van der Waals surface area contributed by atoms with E-state index in [0.717, 1.165) is 19.3 Å². The Bertz CT molecular complexity index is 319. The number of hydrogen-bond acceptors (Lipinski definition) is 3. The van der Waals surface area contributed by atoms with Gasteiger partial charge in [0, 0.05) is 19.6 Å². The van der Waals surface area contributed by atoms with Crippen LogP contribution in [0.2, 0.25) is 0 Å². The van der Waals surface area contributed by atoms with Crippen molar-refractivity contribution in [2.24, 2.45) is 17.6 Å². The third-order valence-corrected chi connectivity index (χ3v) is 4.78. The van der Waals surface area contributed by atoms with E-state index < -0.39 is 10.2 Å². The van der Waals surface area contributed by atoms with Crippen molar-refractivity contribution >= 4 is 10.2 Å². The molecule has 2 unspecified atom stereocenters. The molecule has 1 rings (SSSR count). The van der Waals surface area contributed by atoms with Gasteiger partial charge in [0.2, 0.25) is 0 Å². The summed E-state index contributed by atoms with van der Waals surface area (Å²) < 4.78 is 28.3. The van der Waals surface area contributed by atoms with E-state index in [1.54, 1.807) is 4.31 Å². The Balaban J connectivity index is 2.44. The van der Waals surface area contributed by atoms with Gasteiger partial charge in [0.15, 0.2) is 0 Å². The summed E-state index contributed by atoms with van der Waals surface area (Å²) in [6.07, 6.45) is 2.93. The van der Waals surface area contributed by atoms with E-state index in [4.69, 9.17) is 5.73 Å². The molecular formula is C11H25N3O2S. The Morgan fingerprint density at radius 2 is 2.24 bits per heavy atom. The molecule has 1 heterocycles. The summed E-state index contributed by atoms with van der Waals surface area (Å²) in [5.74, 6) is 0.749. The Morgan fingerprint density at radius 1 is 1.53 bits per heavy atom. The van der Waals surface area contributed by atoms with E-state index >= 15 is 0 Å². The molecule has 1 fully saturated rings. The molecule has 0 aromatic carbocycles. The summed E-state index contributed by atoms with van der Waals surface area (Å²) >= 11 is 0. The molecule has 1 aliphatic heterocycles. The molecule has 0 spiro atoms. The maximum absolute atomic E-state index is 12.0. The number of hydrogen-bond donors (Lipinski definition) is 2. The fourth-order valence-electron chi connectivity index (χ4n) is 2.09. The Hall–Kier alpha value is -0.170. The number of nitrogens with zero attached hydrogens (tertiary/aromatic N) is 1. The first-order valence-electron chi connectivity index (χ1n) is 6.40. The van der Waals surface area contributed by atoms with Crippen molar-refractivity contribution < 1.29 is 8.42 Å². The van der Waals surface area contributed by atoms with Crippen LogP contribution in [0.5, 0.6) is 0 Å². The molecule has 6 heteroatoms. The Kier molecular flexibility index (Phi) is 5.85. The summed E-state index contributed by atoms with van der Waals surface area (Å²) in [7, 11) is -3.29. The maximum atomic E-state index is 12.0. The number of rotatable bonds is 6. The fourth-order valence-corrected chi connectivity index (χ4v) is 3.59. The largest absolute Gasteiger partial charge is 0.330 e. The van der Waals surface area contributed by atoms with E-state index in [1.165, 1.54) is 0 Å². The molecule has 0 saturated carbocycles. The van der Waals surface area contributed by atoms with Gasteiger partial charge < -0.3 is 5.73 Å². The molecule has 3 N–H and O–H groups in total. The van der Waals surface area contributed by atoms with E-state index in [1.807, 2.05) is 6.92 Å².